The molecule has 0 radical (unpaired) electrons. The predicted molar refractivity (Wildman–Crippen MR) is 102 cm³/mol. The van der Waals surface area contributed by atoms with Gasteiger partial charge in [-0.25, -0.2) is 0 Å². The minimum Gasteiger partial charge on any atom is -0.494 e. The van der Waals surface area contributed by atoms with Crippen molar-refractivity contribution in [1.82, 2.24) is 4.90 Å². The van der Waals surface area contributed by atoms with E-state index in [9.17, 15) is 9.59 Å². The molecule has 0 saturated carbocycles. The number of halogens is 1. The number of nitrogens with zero attached hydrogens (tertiary/aromatic N) is 1. The van der Waals surface area contributed by atoms with Crippen molar-refractivity contribution in [2.75, 3.05) is 13.7 Å². The highest BCUT2D eigenvalue weighted by Crippen LogP contribution is 2.37. The van der Waals surface area contributed by atoms with Gasteiger partial charge in [-0.1, -0.05) is 28.1 Å². The molecule has 0 fully saturated rings. The van der Waals surface area contributed by atoms with Crippen LogP contribution < -0.4 is 10.2 Å². The summed E-state index contributed by atoms with van der Waals surface area (Å²) in [4.78, 5) is 27.3. The molecule has 1 aromatic heterocycles. The number of benzene rings is 2. The Morgan fingerprint density at radius 1 is 1.15 bits per heavy atom. The lowest BCUT2D eigenvalue weighted by Gasteiger charge is -2.20. The molecule has 1 aliphatic heterocycles. The number of carbonyl (C=O) groups is 1. The van der Waals surface area contributed by atoms with Gasteiger partial charge in [-0.2, -0.15) is 0 Å². The van der Waals surface area contributed by atoms with E-state index in [1.165, 1.54) is 0 Å². The van der Waals surface area contributed by atoms with Crippen molar-refractivity contribution < 1.29 is 13.9 Å². The van der Waals surface area contributed by atoms with Crippen molar-refractivity contribution in [3.8, 4) is 5.75 Å². The van der Waals surface area contributed by atoms with E-state index < -0.39 is 6.04 Å². The maximum atomic E-state index is 13.1. The molecule has 1 atom stereocenters. The standard InChI is InChI=1S/C20H16BrNO4/c1-3-25-13-7-4-11(5-8-13)17-16-18(23)14-10-12(21)6-9-15(14)26-19(16)20(24)22(17)2/h4-10,17H,3H2,1-2H3. The third kappa shape index (κ3) is 2.52. The van der Waals surface area contributed by atoms with Crippen molar-refractivity contribution in [3.63, 3.8) is 0 Å². The molecule has 0 spiro atoms. The molecule has 0 N–H and O–H groups in total. The normalized spacial score (nSPS) is 16.2. The van der Waals surface area contributed by atoms with E-state index in [2.05, 4.69) is 15.9 Å². The molecule has 1 aliphatic rings. The van der Waals surface area contributed by atoms with Crippen LogP contribution in [0.3, 0.4) is 0 Å². The van der Waals surface area contributed by atoms with Crippen LogP contribution in [-0.4, -0.2) is 24.5 Å². The van der Waals surface area contributed by atoms with Gasteiger partial charge in [0.25, 0.3) is 5.91 Å². The molecule has 2 heterocycles. The van der Waals surface area contributed by atoms with Crippen molar-refractivity contribution in [3.05, 3.63) is 74.0 Å². The summed E-state index contributed by atoms with van der Waals surface area (Å²) in [6.07, 6.45) is 0. The minimum absolute atomic E-state index is 0.117. The van der Waals surface area contributed by atoms with E-state index in [-0.39, 0.29) is 17.1 Å². The number of amides is 1. The number of fused-ring (bicyclic) bond motifs is 2. The molecule has 0 saturated heterocycles. The largest absolute Gasteiger partial charge is 0.494 e. The van der Waals surface area contributed by atoms with E-state index in [0.29, 0.717) is 23.1 Å². The second kappa shape index (κ2) is 6.29. The van der Waals surface area contributed by atoms with E-state index in [0.717, 1.165) is 15.8 Å². The first kappa shape index (κ1) is 16.8. The van der Waals surface area contributed by atoms with Crippen LogP contribution in [0.2, 0.25) is 0 Å². The van der Waals surface area contributed by atoms with Crippen LogP contribution in [0.5, 0.6) is 5.75 Å². The fraction of sp³-hybridized carbons (Fsp3) is 0.200. The summed E-state index contributed by atoms with van der Waals surface area (Å²) < 4.78 is 12.1. The Morgan fingerprint density at radius 3 is 2.58 bits per heavy atom. The first-order valence-electron chi connectivity index (χ1n) is 8.27. The van der Waals surface area contributed by atoms with Gasteiger partial charge in [0.05, 0.1) is 23.6 Å². The lowest BCUT2D eigenvalue weighted by Crippen LogP contribution is -2.25. The second-order valence-corrected chi connectivity index (χ2v) is 7.05. The maximum absolute atomic E-state index is 13.1. The monoisotopic (exact) mass is 413 g/mol. The summed E-state index contributed by atoms with van der Waals surface area (Å²) >= 11 is 3.38. The number of ether oxygens (including phenoxy) is 1. The topological polar surface area (TPSA) is 59.8 Å². The molecule has 6 heteroatoms. The highest BCUT2D eigenvalue weighted by molar-refractivity contribution is 9.10. The Morgan fingerprint density at radius 2 is 1.88 bits per heavy atom. The third-order valence-electron chi connectivity index (χ3n) is 4.57. The molecule has 0 bridgehead atoms. The molecule has 0 aliphatic carbocycles. The smallest absolute Gasteiger partial charge is 0.290 e. The molecule has 1 amide bonds. The number of rotatable bonds is 3. The van der Waals surface area contributed by atoms with Crippen molar-refractivity contribution in [2.24, 2.45) is 0 Å². The van der Waals surface area contributed by atoms with Gasteiger partial charge in [-0.3, -0.25) is 9.59 Å². The highest BCUT2D eigenvalue weighted by Gasteiger charge is 2.40. The van der Waals surface area contributed by atoms with Crippen LogP contribution >= 0.6 is 15.9 Å². The van der Waals surface area contributed by atoms with Crippen LogP contribution in [0, 0.1) is 0 Å². The van der Waals surface area contributed by atoms with Gasteiger partial charge in [0, 0.05) is 11.5 Å². The molecular weight excluding hydrogens is 398 g/mol. The first-order chi connectivity index (χ1) is 12.5. The Bertz CT molecular complexity index is 1070. The zero-order valence-corrected chi connectivity index (χ0v) is 15.9. The predicted octanol–water partition coefficient (Wildman–Crippen LogP) is 4.13. The Labute approximate surface area is 158 Å². The molecular formula is C20H16BrNO4. The zero-order chi connectivity index (χ0) is 18.4. The summed E-state index contributed by atoms with van der Waals surface area (Å²) in [7, 11) is 1.68. The molecule has 4 rings (SSSR count). The molecule has 2 aromatic carbocycles. The van der Waals surface area contributed by atoms with E-state index in [1.807, 2.05) is 31.2 Å². The van der Waals surface area contributed by atoms with Crippen LogP contribution in [0.25, 0.3) is 11.0 Å². The van der Waals surface area contributed by atoms with E-state index in [1.54, 1.807) is 30.1 Å². The molecule has 5 nitrogen and oxygen atoms in total. The van der Waals surface area contributed by atoms with Crippen molar-refractivity contribution >= 4 is 32.8 Å². The summed E-state index contributed by atoms with van der Waals surface area (Å²) in [5, 5.41) is 0.456. The Hall–Kier alpha value is -2.60. The average Bonchev–Trinajstić information content (AvgIpc) is 2.89. The van der Waals surface area contributed by atoms with Crippen molar-refractivity contribution in [2.45, 2.75) is 13.0 Å². The first-order valence-corrected chi connectivity index (χ1v) is 9.06. The fourth-order valence-corrected chi connectivity index (χ4v) is 3.72. The molecule has 1 unspecified atom stereocenters. The Balaban J connectivity index is 1.91. The van der Waals surface area contributed by atoms with Gasteiger partial charge in [0.2, 0.25) is 5.76 Å². The van der Waals surface area contributed by atoms with Gasteiger partial charge in [-0.15, -0.1) is 0 Å². The lowest BCUT2D eigenvalue weighted by atomic mass is 9.99. The maximum Gasteiger partial charge on any atom is 0.290 e. The van der Waals surface area contributed by atoms with Gasteiger partial charge in [0.1, 0.15) is 11.3 Å². The summed E-state index contributed by atoms with van der Waals surface area (Å²) in [6, 6.07) is 12.1. The zero-order valence-electron chi connectivity index (χ0n) is 14.3. The van der Waals surface area contributed by atoms with Crippen molar-refractivity contribution in [1.29, 1.82) is 0 Å². The van der Waals surface area contributed by atoms with Crippen LogP contribution in [0.1, 0.15) is 34.6 Å². The average molecular weight is 414 g/mol. The number of hydrogen-bond donors (Lipinski definition) is 0. The van der Waals surface area contributed by atoms with Gasteiger partial charge >= 0.3 is 0 Å². The van der Waals surface area contributed by atoms with Crippen LogP contribution in [0.15, 0.2) is 56.1 Å². The SMILES string of the molecule is CCOc1ccc(C2c3c(oc4ccc(Br)cc4c3=O)C(=O)N2C)cc1. The molecule has 3 aromatic rings. The van der Waals surface area contributed by atoms with E-state index >= 15 is 0 Å². The van der Waals surface area contributed by atoms with Gasteiger partial charge in [-0.05, 0) is 42.8 Å². The van der Waals surface area contributed by atoms with Crippen LogP contribution in [-0.2, 0) is 0 Å². The minimum atomic E-state index is -0.479. The third-order valence-corrected chi connectivity index (χ3v) is 5.06. The van der Waals surface area contributed by atoms with Gasteiger partial charge in [0.15, 0.2) is 5.43 Å². The second-order valence-electron chi connectivity index (χ2n) is 6.14. The van der Waals surface area contributed by atoms with E-state index in [4.69, 9.17) is 9.15 Å². The fourth-order valence-electron chi connectivity index (χ4n) is 3.36. The molecule has 132 valence electrons. The summed E-state index contributed by atoms with van der Waals surface area (Å²) in [5.41, 5.74) is 1.45. The summed E-state index contributed by atoms with van der Waals surface area (Å²) in [5.74, 6) is 0.574. The number of carbonyl (C=O) groups excluding carboxylic acids is 1. The lowest BCUT2D eigenvalue weighted by molar-refractivity contribution is 0.0771. The van der Waals surface area contributed by atoms with Crippen LogP contribution in [0.4, 0.5) is 0 Å². The van der Waals surface area contributed by atoms with Gasteiger partial charge < -0.3 is 14.1 Å². The Kier molecular flexibility index (Phi) is 4.07. The summed E-state index contributed by atoms with van der Waals surface area (Å²) in [6.45, 7) is 2.50. The quantitative estimate of drug-likeness (QED) is 0.647. The highest BCUT2D eigenvalue weighted by atomic mass is 79.9. The molecule has 26 heavy (non-hydrogen) atoms. The number of hydrogen-bond acceptors (Lipinski definition) is 4.